The number of fused-ring (bicyclic) bond motifs is 15. The second-order valence-corrected chi connectivity index (χ2v) is 27.8. The molecule has 0 fully saturated rings. The third kappa shape index (κ3) is 6.77. The van der Waals surface area contributed by atoms with Crippen molar-refractivity contribution >= 4 is 78.8 Å². The van der Waals surface area contributed by atoms with Gasteiger partial charge in [-0.3, -0.25) is 0 Å². The van der Waals surface area contributed by atoms with E-state index >= 15 is 0 Å². The molecule has 0 saturated carbocycles. The zero-order chi connectivity index (χ0) is 55.3. The van der Waals surface area contributed by atoms with Gasteiger partial charge in [-0.1, -0.05) is 197 Å². The molecule has 0 unspecified atom stereocenters. The highest BCUT2D eigenvalue weighted by Crippen LogP contribution is 2.56. The molecule has 2 aliphatic heterocycles. The molecule has 0 bridgehead atoms. The van der Waals surface area contributed by atoms with Gasteiger partial charge in [0.05, 0.1) is 11.0 Å². The van der Waals surface area contributed by atoms with E-state index in [0.717, 1.165) is 36.3 Å². The molecule has 16 rings (SSSR count). The molecule has 1 aromatic heterocycles. The predicted molar refractivity (Wildman–Crippen MR) is 346 cm³/mol. The normalized spacial score (nSPS) is 17.8. The summed E-state index contributed by atoms with van der Waals surface area (Å²) in [6, 6.07) is 75.5. The summed E-state index contributed by atoms with van der Waals surface area (Å²) in [6.45, 7) is 24.6. The first kappa shape index (κ1) is 48.8. The van der Waals surface area contributed by atoms with E-state index in [0.29, 0.717) is 0 Å². The Hall–Kier alpha value is -8.08. The Morgan fingerprint density at radius 3 is 1.70 bits per heavy atom. The van der Waals surface area contributed by atoms with Crippen LogP contribution < -0.4 is 20.6 Å². The highest BCUT2D eigenvalue weighted by atomic mass is 15.2. The van der Waals surface area contributed by atoms with Gasteiger partial charge in [-0.15, -0.1) is 0 Å². The molecular weight excluding hydrogens is 978 g/mol. The van der Waals surface area contributed by atoms with Crippen LogP contribution in [0.25, 0.3) is 71.6 Å². The van der Waals surface area contributed by atoms with Crippen molar-refractivity contribution < 1.29 is 0 Å². The summed E-state index contributed by atoms with van der Waals surface area (Å²) in [7, 11) is 0. The van der Waals surface area contributed by atoms with Crippen LogP contribution in [0.3, 0.4) is 0 Å². The monoisotopic (exact) mass is 1050 g/mol. The number of aromatic nitrogens is 1. The van der Waals surface area contributed by atoms with Gasteiger partial charge in [-0.2, -0.15) is 0 Å². The van der Waals surface area contributed by atoms with E-state index in [4.69, 9.17) is 0 Å². The van der Waals surface area contributed by atoms with Crippen molar-refractivity contribution in [3.8, 4) is 39.1 Å². The summed E-state index contributed by atoms with van der Waals surface area (Å²) in [6.07, 6.45) is 4.61. The van der Waals surface area contributed by atoms with Gasteiger partial charge in [0.1, 0.15) is 0 Å². The smallest absolute Gasteiger partial charge is 0.333 e. The lowest BCUT2D eigenvalue weighted by atomic mass is 9.43. The van der Waals surface area contributed by atoms with Crippen LogP contribution in [0.15, 0.2) is 194 Å². The molecule has 3 aliphatic carbocycles. The minimum Gasteiger partial charge on any atom is -0.376 e. The molecule has 0 saturated heterocycles. The Morgan fingerprint density at radius 2 is 0.988 bits per heavy atom. The van der Waals surface area contributed by atoms with Gasteiger partial charge < -0.3 is 14.3 Å². The third-order valence-corrected chi connectivity index (χ3v) is 20.9. The first-order valence-corrected chi connectivity index (χ1v) is 29.9. The summed E-state index contributed by atoms with van der Waals surface area (Å²) in [5.41, 5.74) is 29.0. The zero-order valence-corrected chi connectivity index (χ0v) is 48.7. The zero-order valence-electron chi connectivity index (χ0n) is 48.7. The van der Waals surface area contributed by atoms with E-state index in [1.807, 2.05) is 0 Å². The average Bonchev–Trinajstić information content (AvgIpc) is 1.82. The molecule has 0 N–H and O–H groups in total. The fourth-order valence-corrected chi connectivity index (χ4v) is 16.1. The lowest BCUT2D eigenvalue weighted by molar-refractivity contribution is 0.332. The minimum atomic E-state index is -0.156. The molecule has 5 aliphatic rings. The fraction of sp³-hybridized carbons (Fsp3) is 0.247. The van der Waals surface area contributed by atoms with E-state index < -0.39 is 0 Å². The Labute approximate surface area is 479 Å². The van der Waals surface area contributed by atoms with E-state index in [2.05, 4.69) is 278 Å². The second-order valence-electron chi connectivity index (χ2n) is 27.8. The van der Waals surface area contributed by atoms with Crippen molar-refractivity contribution in [2.24, 2.45) is 0 Å². The van der Waals surface area contributed by atoms with Crippen molar-refractivity contribution in [1.29, 1.82) is 0 Å². The first-order chi connectivity index (χ1) is 38.9. The molecule has 3 heterocycles. The largest absolute Gasteiger partial charge is 0.376 e. The molecule has 81 heavy (non-hydrogen) atoms. The molecule has 0 radical (unpaired) electrons. The molecule has 0 spiro atoms. The van der Waals surface area contributed by atoms with Gasteiger partial charge in [0.25, 0.3) is 0 Å². The maximum atomic E-state index is 2.81. The summed E-state index contributed by atoms with van der Waals surface area (Å²) >= 11 is 0. The fourth-order valence-electron chi connectivity index (χ4n) is 16.1. The van der Waals surface area contributed by atoms with Crippen LogP contribution in [0.2, 0.25) is 0 Å². The Balaban J connectivity index is 1.09. The molecule has 0 atom stereocenters. The Bertz CT molecular complexity index is 4470. The maximum Gasteiger partial charge on any atom is 0.333 e. The molecule has 396 valence electrons. The van der Waals surface area contributed by atoms with Gasteiger partial charge >= 0.3 is 6.85 Å². The number of para-hydroxylation sites is 2. The van der Waals surface area contributed by atoms with Gasteiger partial charge in [0.2, 0.25) is 0 Å². The van der Waals surface area contributed by atoms with Crippen LogP contribution >= 0.6 is 0 Å². The van der Waals surface area contributed by atoms with Crippen molar-refractivity contribution in [2.75, 3.05) is 9.71 Å². The van der Waals surface area contributed by atoms with E-state index in [1.165, 1.54) is 134 Å². The summed E-state index contributed by atoms with van der Waals surface area (Å²) in [5.74, 6) is 0. The third-order valence-electron chi connectivity index (χ3n) is 20.9. The Morgan fingerprint density at radius 1 is 0.383 bits per heavy atom. The molecule has 10 aromatic carbocycles. The quantitative estimate of drug-likeness (QED) is 0.159. The van der Waals surface area contributed by atoms with E-state index in [-0.39, 0.29) is 33.9 Å². The lowest BCUT2D eigenvalue weighted by Crippen LogP contribution is -2.61. The average molecular weight is 1050 g/mol. The van der Waals surface area contributed by atoms with Gasteiger partial charge in [-0.25, -0.2) is 0 Å². The van der Waals surface area contributed by atoms with Crippen molar-refractivity contribution in [3.05, 3.63) is 228 Å². The van der Waals surface area contributed by atoms with Gasteiger partial charge in [0.15, 0.2) is 0 Å². The topological polar surface area (TPSA) is 11.4 Å². The number of anilines is 5. The number of hydrogen-bond acceptors (Lipinski definition) is 2. The van der Waals surface area contributed by atoms with Crippen molar-refractivity contribution in [1.82, 2.24) is 4.57 Å². The van der Waals surface area contributed by atoms with Crippen LogP contribution in [0.1, 0.15) is 128 Å². The van der Waals surface area contributed by atoms with Crippen LogP contribution in [-0.4, -0.2) is 11.4 Å². The summed E-state index contributed by atoms with van der Waals surface area (Å²) < 4.78 is 2.77. The van der Waals surface area contributed by atoms with Crippen LogP contribution in [0.4, 0.5) is 28.4 Å². The van der Waals surface area contributed by atoms with Crippen molar-refractivity contribution in [2.45, 2.75) is 122 Å². The van der Waals surface area contributed by atoms with Gasteiger partial charge in [-0.05, 0) is 192 Å². The number of nitrogens with zero attached hydrogens (tertiary/aromatic N) is 3. The van der Waals surface area contributed by atoms with E-state index in [1.54, 1.807) is 0 Å². The molecule has 11 aromatic rings. The van der Waals surface area contributed by atoms with Crippen LogP contribution in [0.5, 0.6) is 0 Å². The van der Waals surface area contributed by atoms with Gasteiger partial charge in [0, 0.05) is 61.3 Å². The molecule has 3 nitrogen and oxygen atoms in total. The van der Waals surface area contributed by atoms with Crippen LogP contribution in [-0.2, 0) is 27.1 Å². The molecular formula is C77H70BN3. The standard InChI is InChI=1S/C77H70BN3/c1-73(2)37-38-74(3,4)63-42-52(32-36-61(63)73)81-67-43-51(79(49-22-13-11-14-23-49)50-24-15-12-16-25-50)31-35-56(67)59-44-58(48-30-33-55-54-27-19-20-28-60(54)77(9,10)62(55)41-48)69-57-34-29-47-21-17-18-26-53(47)71(57)80-68-46-65-64(75(5,6)39-40-76(65,7)8)45-66(68)78(81)70(59)72(69)80/h11-36,41-46H,37-40H2,1-10H3. The highest BCUT2D eigenvalue weighted by molar-refractivity contribution is 6.94. The second kappa shape index (κ2) is 16.5. The molecule has 0 amide bonds. The van der Waals surface area contributed by atoms with Crippen molar-refractivity contribution in [3.63, 3.8) is 0 Å². The summed E-state index contributed by atoms with van der Waals surface area (Å²) in [5, 5.41) is 5.20. The Kier molecular flexibility index (Phi) is 9.96. The summed E-state index contributed by atoms with van der Waals surface area (Å²) in [4.78, 5) is 5.26. The maximum absolute atomic E-state index is 2.81. The number of hydrogen-bond donors (Lipinski definition) is 0. The lowest BCUT2D eigenvalue weighted by Gasteiger charge is -2.47. The highest BCUT2D eigenvalue weighted by Gasteiger charge is 2.49. The predicted octanol–water partition coefficient (Wildman–Crippen LogP) is 19.3. The number of rotatable bonds is 5. The minimum absolute atomic E-state index is 0.00489. The number of benzene rings is 10. The van der Waals surface area contributed by atoms with E-state index in [9.17, 15) is 0 Å². The SMILES string of the molecule is CC1(C)CCC(C)(C)c2cc(N3B4c5cc6c(cc5-n5c7c4c(cc(-c4ccc8c(c4)C(C)(C)c4ccccc4-8)c7c4ccc7ccccc7c45)-c4ccc(N(c5ccccc5)c5ccccc5)cc43)C(C)(C)CCC6(C)C)ccc21. The molecule has 4 heteroatoms. The van der Waals surface area contributed by atoms with Crippen LogP contribution in [0, 0.1) is 0 Å². The first-order valence-electron chi connectivity index (χ1n) is 29.9.